The summed E-state index contributed by atoms with van der Waals surface area (Å²) >= 11 is 6.06. The highest BCUT2D eigenvalue weighted by Gasteiger charge is 2.21. The molecule has 0 aliphatic rings. The van der Waals surface area contributed by atoms with Crippen LogP contribution in [0.25, 0.3) is 0 Å². The van der Waals surface area contributed by atoms with E-state index in [0.717, 1.165) is 12.8 Å². The van der Waals surface area contributed by atoms with E-state index in [4.69, 9.17) is 11.6 Å². The molecule has 0 bridgehead atoms. The van der Waals surface area contributed by atoms with Crippen LogP contribution in [0.4, 0.5) is 11.4 Å². The molecule has 1 aromatic rings. The topological polar surface area (TPSA) is 84.3 Å². The Kier molecular flexibility index (Phi) is 6.42. The molecule has 0 saturated carbocycles. The Morgan fingerprint density at radius 2 is 1.95 bits per heavy atom. The summed E-state index contributed by atoms with van der Waals surface area (Å²) in [5, 5.41) is 17.0. The third-order valence-electron chi connectivity index (χ3n) is 3.20. The van der Waals surface area contributed by atoms with E-state index in [9.17, 15) is 14.9 Å². The van der Waals surface area contributed by atoms with Gasteiger partial charge >= 0.3 is 0 Å². The molecule has 0 fully saturated rings. The lowest BCUT2D eigenvalue weighted by Crippen LogP contribution is -2.33. The molecule has 0 spiro atoms. The Bertz CT molecular complexity index is 530. The van der Waals surface area contributed by atoms with Gasteiger partial charge in [0.2, 0.25) is 0 Å². The Hall–Kier alpha value is -1.82. The predicted octanol–water partition coefficient (Wildman–Crippen LogP) is 3.60. The van der Waals surface area contributed by atoms with Gasteiger partial charge in [-0.05, 0) is 25.8 Å². The molecule has 0 unspecified atom stereocenters. The molecule has 0 aliphatic carbocycles. The van der Waals surface area contributed by atoms with E-state index < -0.39 is 4.92 Å². The maximum absolute atomic E-state index is 12.2. The average molecular weight is 314 g/mol. The lowest BCUT2D eigenvalue weighted by atomic mass is 10.1. The third kappa shape index (κ3) is 4.32. The van der Waals surface area contributed by atoms with Crippen molar-refractivity contribution >= 4 is 28.9 Å². The molecule has 21 heavy (non-hydrogen) atoms. The molecule has 1 aromatic carbocycles. The van der Waals surface area contributed by atoms with Gasteiger partial charge in [-0.3, -0.25) is 14.9 Å². The summed E-state index contributed by atoms with van der Waals surface area (Å²) in [5.41, 5.74) is 0.238. The number of halogens is 1. The van der Waals surface area contributed by atoms with Gasteiger partial charge in [-0.25, -0.2) is 0 Å². The van der Waals surface area contributed by atoms with Crippen molar-refractivity contribution in [1.82, 2.24) is 5.32 Å². The molecule has 1 amide bonds. The first kappa shape index (κ1) is 17.2. The molecule has 6 nitrogen and oxygen atoms in total. The quantitative estimate of drug-likeness (QED) is 0.595. The van der Waals surface area contributed by atoms with Crippen LogP contribution in [0, 0.1) is 10.1 Å². The fourth-order valence-electron chi connectivity index (χ4n) is 1.98. The first-order chi connectivity index (χ1) is 9.94. The summed E-state index contributed by atoms with van der Waals surface area (Å²) in [4.78, 5) is 22.7. The van der Waals surface area contributed by atoms with Crippen molar-refractivity contribution in [3.05, 3.63) is 32.8 Å². The summed E-state index contributed by atoms with van der Waals surface area (Å²) < 4.78 is 0. The van der Waals surface area contributed by atoms with E-state index in [1.807, 2.05) is 20.8 Å². The maximum atomic E-state index is 12.2. The van der Waals surface area contributed by atoms with Gasteiger partial charge in [0.05, 0.1) is 9.95 Å². The van der Waals surface area contributed by atoms with Crippen molar-refractivity contribution in [3.63, 3.8) is 0 Å². The summed E-state index contributed by atoms with van der Waals surface area (Å²) in [5.74, 6) is -0.350. The number of benzene rings is 1. The van der Waals surface area contributed by atoms with E-state index in [1.54, 1.807) is 0 Å². The van der Waals surface area contributed by atoms with Gasteiger partial charge in [0.15, 0.2) is 0 Å². The Morgan fingerprint density at radius 3 is 2.43 bits per heavy atom. The van der Waals surface area contributed by atoms with Crippen LogP contribution in [-0.2, 0) is 0 Å². The van der Waals surface area contributed by atoms with Crippen molar-refractivity contribution in [2.24, 2.45) is 0 Å². The molecule has 2 N–H and O–H groups in total. The van der Waals surface area contributed by atoms with Gasteiger partial charge < -0.3 is 10.6 Å². The zero-order chi connectivity index (χ0) is 16.0. The number of nitro groups is 1. The van der Waals surface area contributed by atoms with Gasteiger partial charge in [0, 0.05) is 24.2 Å². The number of hydrogen-bond acceptors (Lipinski definition) is 4. The lowest BCUT2D eigenvalue weighted by molar-refractivity contribution is -0.384. The lowest BCUT2D eigenvalue weighted by Gasteiger charge is -2.15. The van der Waals surface area contributed by atoms with Crippen molar-refractivity contribution in [2.75, 3.05) is 11.9 Å². The fraction of sp³-hybridized carbons (Fsp3) is 0.500. The van der Waals surface area contributed by atoms with Crippen molar-refractivity contribution in [1.29, 1.82) is 0 Å². The average Bonchev–Trinajstić information content (AvgIpc) is 2.46. The number of carbonyl (C=O) groups is 1. The summed E-state index contributed by atoms with van der Waals surface area (Å²) in [6.45, 7) is 6.25. The first-order valence-electron chi connectivity index (χ1n) is 6.97. The highest BCUT2D eigenvalue weighted by molar-refractivity contribution is 6.34. The van der Waals surface area contributed by atoms with Crippen LogP contribution >= 0.6 is 11.6 Å². The highest BCUT2D eigenvalue weighted by atomic mass is 35.5. The SMILES string of the molecule is CCNc1c(Cl)cc(C(=O)NC(CC)CC)cc1[N+](=O)[O-]. The summed E-state index contributed by atoms with van der Waals surface area (Å²) in [6, 6.07) is 2.75. The normalized spacial score (nSPS) is 10.5. The van der Waals surface area contributed by atoms with Gasteiger partial charge in [0.25, 0.3) is 11.6 Å². The number of nitrogens with zero attached hydrogens (tertiary/aromatic N) is 1. The van der Waals surface area contributed by atoms with E-state index in [1.165, 1.54) is 12.1 Å². The number of rotatable bonds is 7. The second kappa shape index (κ2) is 7.83. The zero-order valence-electron chi connectivity index (χ0n) is 12.4. The number of nitro benzene ring substituents is 1. The third-order valence-corrected chi connectivity index (χ3v) is 3.50. The molecule has 0 atom stereocenters. The van der Waals surface area contributed by atoms with Crippen LogP contribution in [0.3, 0.4) is 0 Å². The number of amides is 1. The molecule has 0 aliphatic heterocycles. The van der Waals surface area contributed by atoms with Crippen molar-refractivity contribution in [2.45, 2.75) is 39.7 Å². The first-order valence-corrected chi connectivity index (χ1v) is 7.34. The summed E-state index contributed by atoms with van der Waals surface area (Å²) in [7, 11) is 0. The van der Waals surface area contributed by atoms with Crippen LogP contribution < -0.4 is 10.6 Å². The van der Waals surface area contributed by atoms with Crippen LogP contribution in [0.1, 0.15) is 44.0 Å². The second-order valence-electron chi connectivity index (χ2n) is 4.63. The number of hydrogen-bond donors (Lipinski definition) is 2. The largest absolute Gasteiger partial charge is 0.379 e. The molecule has 1 rings (SSSR count). The molecule has 0 aromatic heterocycles. The fourth-order valence-corrected chi connectivity index (χ4v) is 2.26. The number of anilines is 1. The van der Waals surface area contributed by atoms with Crippen LogP contribution in [0.15, 0.2) is 12.1 Å². The van der Waals surface area contributed by atoms with E-state index in [-0.39, 0.29) is 33.9 Å². The molecular formula is C14H20ClN3O3. The Balaban J connectivity index is 3.15. The zero-order valence-corrected chi connectivity index (χ0v) is 13.2. The van der Waals surface area contributed by atoms with Gasteiger partial charge in [0.1, 0.15) is 5.69 Å². The Morgan fingerprint density at radius 1 is 1.33 bits per heavy atom. The summed E-state index contributed by atoms with van der Waals surface area (Å²) in [6.07, 6.45) is 1.60. The van der Waals surface area contributed by atoms with Crippen molar-refractivity contribution < 1.29 is 9.72 Å². The molecule has 0 saturated heterocycles. The minimum Gasteiger partial charge on any atom is -0.379 e. The van der Waals surface area contributed by atoms with Crippen molar-refractivity contribution in [3.8, 4) is 0 Å². The van der Waals surface area contributed by atoms with Crippen LogP contribution in [-0.4, -0.2) is 23.4 Å². The molecule has 7 heteroatoms. The molecule has 116 valence electrons. The standard InChI is InChI=1S/C14H20ClN3O3/c1-4-10(5-2)17-14(19)9-7-11(15)13(16-6-3)12(8-9)18(20)21/h7-8,10,16H,4-6H2,1-3H3,(H,17,19). The number of nitrogens with one attached hydrogen (secondary N) is 2. The van der Waals surface area contributed by atoms with Crippen LogP contribution in [0.5, 0.6) is 0 Å². The molecule has 0 radical (unpaired) electrons. The second-order valence-corrected chi connectivity index (χ2v) is 5.03. The monoisotopic (exact) mass is 313 g/mol. The number of carbonyl (C=O) groups excluding carboxylic acids is 1. The van der Waals surface area contributed by atoms with Gasteiger partial charge in [-0.2, -0.15) is 0 Å². The Labute approximate surface area is 129 Å². The van der Waals surface area contributed by atoms with E-state index >= 15 is 0 Å². The predicted molar refractivity (Wildman–Crippen MR) is 84.1 cm³/mol. The van der Waals surface area contributed by atoms with Gasteiger partial charge in [-0.15, -0.1) is 0 Å². The minimum absolute atomic E-state index is 0.0452. The smallest absolute Gasteiger partial charge is 0.294 e. The van der Waals surface area contributed by atoms with E-state index in [0.29, 0.717) is 6.54 Å². The molecule has 0 heterocycles. The highest BCUT2D eigenvalue weighted by Crippen LogP contribution is 2.33. The minimum atomic E-state index is -0.544. The van der Waals surface area contributed by atoms with Crippen LogP contribution in [0.2, 0.25) is 5.02 Å². The maximum Gasteiger partial charge on any atom is 0.294 e. The molecular weight excluding hydrogens is 294 g/mol. The van der Waals surface area contributed by atoms with E-state index in [2.05, 4.69) is 10.6 Å². The van der Waals surface area contributed by atoms with Gasteiger partial charge in [-0.1, -0.05) is 25.4 Å².